The second kappa shape index (κ2) is 17.0. The quantitative estimate of drug-likeness (QED) is 0.388. The van der Waals surface area contributed by atoms with Gasteiger partial charge in [0.15, 0.2) is 0 Å². The minimum atomic E-state index is 0.740. The molecule has 0 aromatic heterocycles. The molecule has 0 rings (SSSR count). The third-order valence-electron chi connectivity index (χ3n) is 3.85. The fourth-order valence-corrected chi connectivity index (χ4v) is 2.46. The third-order valence-corrected chi connectivity index (χ3v) is 3.85. The van der Waals surface area contributed by atoms with E-state index in [-0.39, 0.29) is 0 Å². The summed E-state index contributed by atoms with van der Waals surface area (Å²) in [6.07, 6.45) is 14.5. The second-order valence-electron chi connectivity index (χ2n) is 5.96. The summed E-state index contributed by atoms with van der Waals surface area (Å²) in [5, 5.41) is 3.75. The Kier molecular flexibility index (Phi) is 16.9. The first-order valence-electron chi connectivity index (χ1n) is 9.16. The lowest BCUT2D eigenvalue weighted by Gasteiger charge is -2.18. The Bertz CT molecular complexity index is 163. The van der Waals surface area contributed by atoms with Crippen LogP contribution in [0.5, 0.6) is 0 Å². The van der Waals surface area contributed by atoms with E-state index in [2.05, 4.69) is 26.1 Å². The average Bonchev–Trinajstić information content (AvgIpc) is 2.46. The Morgan fingerprint density at radius 2 is 1.25 bits per heavy atom. The maximum Gasteiger partial charge on any atom is 0.0478 e. The number of unbranched alkanes of at least 4 members (excludes halogenated alkanes) is 5. The lowest BCUT2D eigenvalue weighted by molar-refractivity contribution is 0.128. The van der Waals surface area contributed by atoms with E-state index in [1.807, 2.05) is 0 Å². The molecule has 1 N–H and O–H groups in total. The molecule has 0 saturated carbocycles. The van der Waals surface area contributed by atoms with E-state index >= 15 is 0 Å². The molecule has 0 amide bonds. The van der Waals surface area contributed by atoms with Gasteiger partial charge in [-0.15, -0.1) is 0 Å². The SMILES string of the molecule is CCCCCC(CCCCC)NCCCOCCCC. The predicted octanol–water partition coefficient (Wildman–Crippen LogP) is 5.31. The van der Waals surface area contributed by atoms with E-state index in [4.69, 9.17) is 4.74 Å². The van der Waals surface area contributed by atoms with Crippen LogP contribution in [0.1, 0.15) is 91.4 Å². The van der Waals surface area contributed by atoms with Gasteiger partial charge in [-0.1, -0.05) is 65.7 Å². The Balaban J connectivity index is 3.56. The highest BCUT2D eigenvalue weighted by molar-refractivity contribution is 4.67. The van der Waals surface area contributed by atoms with Crippen LogP contribution < -0.4 is 5.32 Å². The zero-order chi connectivity index (χ0) is 14.9. The van der Waals surface area contributed by atoms with Gasteiger partial charge in [0.05, 0.1) is 0 Å². The molecule has 2 nitrogen and oxygen atoms in total. The van der Waals surface area contributed by atoms with Crippen molar-refractivity contribution in [3.63, 3.8) is 0 Å². The van der Waals surface area contributed by atoms with E-state index in [0.29, 0.717) is 0 Å². The Morgan fingerprint density at radius 3 is 1.80 bits per heavy atom. The number of hydrogen-bond acceptors (Lipinski definition) is 2. The van der Waals surface area contributed by atoms with E-state index < -0.39 is 0 Å². The minimum Gasteiger partial charge on any atom is -0.381 e. The summed E-state index contributed by atoms with van der Waals surface area (Å²) in [7, 11) is 0. The summed E-state index contributed by atoms with van der Waals surface area (Å²) >= 11 is 0. The maximum atomic E-state index is 5.61. The van der Waals surface area contributed by atoms with Crippen LogP contribution in [0, 0.1) is 0 Å². The zero-order valence-electron chi connectivity index (χ0n) is 14.4. The summed E-state index contributed by atoms with van der Waals surface area (Å²) < 4.78 is 5.61. The largest absolute Gasteiger partial charge is 0.381 e. The van der Waals surface area contributed by atoms with Gasteiger partial charge in [-0.2, -0.15) is 0 Å². The fourth-order valence-electron chi connectivity index (χ4n) is 2.46. The first-order chi connectivity index (χ1) is 9.85. The molecule has 0 unspecified atom stereocenters. The molecule has 0 bridgehead atoms. The molecular weight excluding hydrogens is 246 g/mol. The highest BCUT2D eigenvalue weighted by atomic mass is 16.5. The van der Waals surface area contributed by atoms with Crippen molar-refractivity contribution in [1.29, 1.82) is 0 Å². The van der Waals surface area contributed by atoms with Crippen LogP contribution in [-0.2, 0) is 4.74 Å². The lowest BCUT2D eigenvalue weighted by atomic mass is 10.0. The number of rotatable bonds is 16. The Labute approximate surface area is 128 Å². The molecule has 122 valence electrons. The van der Waals surface area contributed by atoms with Gasteiger partial charge in [0.25, 0.3) is 0 Å². The van der Waals surface area contributed by atoms with Crippen LogP contribution in [0.2, 0.25) is 0 Å². The van der Waals surface area contributed by atoms with Gasteiger partial charge in [-0.05, 0) is 32.2 Å². The summed E-state index contributed by atoms with van der Waals surface area (Å²) in [5.74, 6) is 0. The molecule has 0 fully saturated rings. The third kappa shape index (κ3) is 14.3. The van der Waals surface area contributed by atoms with Crippen molar-refractivity contribution in [2.75, 3.05) is 19.8 Å². The first-order valence-corrected chi connectivity index (χ1v) is 9.16. The molecule has 0 heterocycles. The maximum absolute atomic E-state index is 5.61. The van der Waals surface area contributed by atoms with Crippen LogP contribution in [0.4, 0.5) is 0 Å². The zero-order valence-corrected chi connectivity index (χ0v) is 14.4. The van der Waals surface area contributed by atoms with Gasteiger partial charge in [-0.25, -0.2) is 0 Å². The number of hydrogen-bond donors (Lipinski definition) is 1. The van der Waals surface area contributed by atoms with Crippen LogP contribution in [-0.4, -0.2) is 25.8 Å². The molecule has 0 saturated heterocycles. The molecule has 0 spiro atoms. The van der Waals surface area contributed by atoms with Crippen molar-refractivity contribution >= 4 is 0 Å². The summed E-state index contributed by atoms with van der Waals surface area (Å²) in [6.45, 7) is 9.76. The molecule has 0 aliphatic carbocycles. The van der Waals surface area contributed by atoms with Crippen molar-refractivity contribution in [1.82, 2.24) is 5.32 Å². The molecule has 0 aliphatic rings. The van der Waals surface area contributed by atoms with Gasteiger partial charge >= 0.3 is 0 Å². The van der Waals surface area contributed by atoms with Gasteiger partial charge in [-0.3, -0.25) is 0 Å². The van der Waals surface area contributed by atoms with Gasteiger partial charge in [0.2, 0.25) is 0 Å². The van der Waals surface area contributed by atoms with Crippen molar-refractivity contribution < 1.29 is 4.74 Å². The topological polar surface area (TPSA) is 21.3 Å². The highest BCUT2D eigenvalue weighted by Crippen LogP contribution is 2.11. The monoisotopic (exact) mass is 285 g/mol. The standard InChI is InChI=1S/C18H39NO/c1-4-7-10-13-18(14-11-8-5-2)19-15-12-17-20-16-9-6-3/h18-19H,4-17H2,1-3H3. The molecule has 20 heavy (non-hydrogen) atoms. The summed E-state index contributed by atoms with van der Waals surface area (Å²) in [5.41, 5.74) is 0. The molecular formula is C18H39NO. The van der Waals surface area contributed by atoms with E-state index in [9.17, 15) is 0 Å². The number of ether oxygens (including phenoxy) is 1. The van der Waals surface area contributed by atoms with Gasteiger partial charge < -0.3 is 10.1 Å². The van der Waals surface area contributed by atoms with Crippen molar-refractivity contribution in [3.8, 4) is 0 Å². The average molecular weight is 286 g/mol. The summed E-state index contributed by atoms with van der Waals surface area (Å²) in [6, 6.07) is 0.740. The summed E-state index contributed by atoms with van der Waals surface area (Å²) in [4.78, 5) is 0. The van der Waals surface area contributed by atoms with Crippen LogP contribution in [0.25, 0.3) is 0 Å². The molecule has 0 aromatic rings. The molecule has 0 aromatic carbocycles. The predicted molar refractivity (Wildman–Crippen MR) is 90.4 cm³/mol. The molecule has 0 aliphatic heterocycles. The second-order valence-corrected chi connectivity index (χ2v) is 5.96. The Morgan fingerprint density at radius 1 is 0.700 bits per heavy atom. The van der Waals surface area contributed by atoms with Gasteiger partial charge in [0, 0.05) is 19.3 Å². The minimum absolute atomic E-state index is 0.740. The van der Waals surface area contributed by atoms with Gasteiger partial charge in [0.1, 0.15) is 0 Å². The highest BCUT2D eigenvalue weighted by Gasteiger charge is 2.07. The van der Waals surface area contributed by atoms with E-state index in [1.165, 1.54) is 64.2 Å². The van der Waals surface area contributed by atoms with Crippen molar-refractivity contribution in [3.05, 3.63) is 0 Å². The number of nitrogens with one attached hydrogen (secondary N) is 1. The molecule has 2 heteroatoms. The molecule has 0 atom stereocenters. The van der Waals surface area contributed by atoms with Crippen LogP contribution in [0.3, 0.4) is 0 Å². The van der Waals surface area contributed by atoms with Crippen molar-refractivity contribution in [2.24, 2.45) is 0 Å². The molecule has 0 radical (unpaired) electrons. The van der Waals surface area contributed by atoms with E-state index in [1.54, 1.807) is 0 Å². The normalized spacial score (nSPS) is 11.4. The first kappa shape index (κ1) is 19.9. The van der Waals surface area contributed by atoms with Crippen LogP contribution >= 0.6 is 0 Å². The van der Waals surface area contributed by atoms with Crippen LogP contribution in [0.15, 0.2) is 0 Å². The van der Waals surface area contributed by atoms with E-state index in [0.717, 1.165) is 32.2 Å². The lowest BCUT2D eigenvalue weighted by Crippen LogP contribution is -2.30. The van der Waals surface area contributed by atoms with Crippen molar-refractivity contribution in [2.45, 2.75) is 97.4 Å². The fraction of sp³-hybridized carbons (Fsp3) is 1.00. The Hall–Kier alpha value is -0.0800. The smallest absolute Gasteiger partial charge is 0.0478 e.